The van der Waals surface area contributed by atoms with Crippen LogP contribution in [0.3, 0.4) is 0 Å². The Morgan fingerprint density at radius 3 is 2.86 bits per heavy atom. The van der Waals surface area contributed by atoms with Crippen molar-refractivity contribution in [2.24, 2.45) is 0 Å². The van der Waals surface area contributed by atoms with E-state index in [9.17, 15) is 4.79 Å². The maximum absolute atomic E-state index is 11.6. The molecule has 2 aliphatic rings. The molecule has 0 spiro atoms. The second-order valence-electron chi connectivity index (χ2n) is 5.98. The van der Waals surface area contributed by atoms with Crippen LogP contribution >= 0.6 is 11.3 Å². The van der Waals surface area contributed by atoms with Crippen LogP contribution < -0.4 is 10.2 Å². The van der Waals surface area contributed by atoms with Crippen LogP contribution in [0.25, 0.3) is 11.3 Å². The lowest BCUT2D eigenvalue weighted by atomic mass is 10.0. The average molecular weight is 313 g/mol. The number of aryl methyl sites for hydroxylation is 1. The van der Waals surface area contributed by atoms with Crippen molar-refractivity contribution in [3.8, 4) is 11.3 Å². The third kappa shape index (κ3) is 2.61. The number of anilines is 2. The normalized spacial score (nSPS) is 18.0. The minimum Gasteiger partial charge on any atom is -0.348 e. The van der Waals surface area contributed by atoms with E-state index in [1.54, 1.807) is 11.3 Å². The predicted molar refractivity (Wildman–Crippen MR) is 90.6 cm³/mol. The van der Waals surface area contributed by atoms with Gasteiger partial charge in [0.1, 0.15) is 0 Å². The molecule has 1 amide bonds. The molecule has 1 N–H and O–H groups in total. The van der Waals surface area contributed by atoms with Crippen molar-refractivity contribution in [3.63, 3.8) is 0 Å². The Labute approximate surface area is 134 Å². The SMILES string of the molecule is O=C1CCCc2cc(-c3csc(N4CCCC4)n3)ccc2N1. The first kappa shape index (κ1) is 13.8. The van der Waals surface area contributed by atoms with E-state index >= 15 is 0 Å². The number of nitrogens with zero attached hydrogens (tertiary/aromatic N) is 2. The molecule has 0 atom stereocenters. The van der Waals surface area contributed by atoms with E-state index in [1.165, 1.54) is 18.4 Å². The molecule has 0 aliphatic carbocycles. The maximum Gasteiger partial charge on any atom is 0.224 e. The van der Waals surface area contributed by atoms with Gasteiger partial charge < -0.3 is 10.2 Å². The number of fused-ring (bicyclic) bond motifs is 1. The fraction of sp³-hybridized carbons (Fsp3) is 0.412. The molecular weight excluding hydrogens is 294 g/mol. The Hall–Kier alpha value is -1.88. The molecule has 1 fully saturated rings. The van der Waals surface area contributed by atoms with Crippen LogP contribution in [0, 0.1) is 0 Å². The number of rotatable bonds is 2. The van der Waals surface area contributed by atoms with Gasteiger partial charge in [-0.3, -0.25) is 4.79 Å². The smallest absolute Gasteiger partial charge is 0.224 e. The molecule has 2 aromatic rings. The summed E-state index contributed by atoms with van der Waals surface area (Å²) in [5, 5.41) is 6.26. The van der Waals surface area contributed by atoms with Gasteiger partial charge in [0.15, 0.2) is 5.13 Å². The van der Waals surface area contributed by atoms with Crippen molar-refractivity contribution < 1.29 is 4.79 Å². The third-order valence-electron chi connectivity index (χ3n) is 4.39. The van der Waals surface area contributed by atoms with E-state index in [0.717, 1.165) is 48.0 Å². The first-order valence-electron chi connectivity index (χ1n) is 7.93. The Morgan fingerprint density at radius 1 is 1.14 bits per heavy atom. The quantitative estimate of drug-likeness (QED) is 0.920. The molecule has 0 radical (unpaired) electrons. The van der Waals surface area contributed by atoms with Gasteiger partial charge in [-0.1, -0.05) is 6.07 Å². The molecule has 0 bridgehead atoms. The van der Waals surface area contributed by atoms with Crippen molar-refractivity contribution >= 4 is 28.1 Å². The summed E-state index contributed by atoms with van der Waals surface area (Å²) < 4.78 is 0. The van der Waals surface area contributed by atoms with Gasteiger partial charge in [-0.15, -0.1) is 11.3 Å². The number of hydrogen-bond donors (Lipinski definition) is 1. The third-order valence-corrected chi connectivity index (χ3v) is 5.30. The molecule has 5 heteroatoms. The summed E-state index contributed by atoms with van der Waals surface area (Å²) in [4.78, 5) is 18.8. The predicted octanol–water partition coefficient (Wildman–Crippen LogP) is 3.69. The Balaban J connectivity index is 1.63. The van der Waals surface area contributed by atoms with Crippen molar-refractivity contribution in [3.05, 3.63) is 29.1 Å². The van der Waals surface area contributed by atoms with E-state index in [0.29, 0.717) is 6.42 Å². The molecule has 1 aromatic heterocycles. The van der Waals surface area contributed by atoms with Gasteiger partial charge in [0, 0.05) is 36.1 Å². The van der Waals surface area contributed by atoms with Crippen LogP contribution in [-0.4, -0.2) is 24.0 Å². The number of nitrogens with one attached hydrogen (secondary N) is 1. The fourth-order valence-electron chi connectivity index (χ4n) is 3.18. The van der Waals surface area contributed by atoms with E-state index in [-0.39, 0.29) is 5.91 Å². The van der Waals surface area contributed by atoms with Crippen LogP contribution in [0.5, 0.6) is 0 Å². The van der Waals surface area contributed by atoms with E-state index < -0.39 is 0 Å². The highest BCUT2D eigenvalue weighted by Gasteiger charge is 2.17. The number of carbonyl (C=O) groups is 1. The second-order valence-corrected chi connectivity index (χ2v) is 6.82. The summed E-state index contributed by atoms with van der Waals surface area (Å²) in [6.45, 7) is 2.26. The molecule has 2 aliphatic heterocycles. The van der Waals surface area contributed by atoms with Gasteiger partial charge in [-0.2, -0.15) is 0 Å². The zero-order valence-electron chi connectivity index (χ0n) is 12.5. The average Bonchev–Trinajstić information content (AvgIpc) is 3.16. The first-order chi connectivity index (χ1) is 10.8. The molecule has 4 nitrogen and oxygen atoms in total. The minimum atomic E-state index is 0.122. The number of carbonyl (C=O) groups excluding carboxylic acids is 1. The summed E-state index contributed by atoms with van der Waals surface area (Å²) in [7, 11) is 0. The zero-order valence-corrected chi connectivity index (χ0v) is 13.3. The first-order valence-corrected chi connectivity index (χ1v) is 8.81. The van der Waals surface area contributed by atoms with E-state index in [4.69, 9.17) is 4.98 Å². The number of benzene rings is 1. The lowest BCUT2D eigenvalue weighted by Gasteiger charge is -2.12. The highest BCUT2D eigenvalue weighted by Crippen LogP contribution is 2.32. The molecule has 4 rings (SSSR count). The number of thiazole rings is 1. The lowest BCUT2D eigenvalue weighted by molar-refractivity contribution is -0.116. The second kappa shape index (κ2) is 5.72. The van der Waals surface area contributed by atoms with Crippen LogP contribution in [0.15, 0.2) is 23.6 Å². The lowest BCUT2D eigenvalue weighted by Crippen LogP contribution is -2.17. The molecule has 22 heavy (non-hydrogen) atoms. The van der Waals surface area contributed by atoms with Crippen LogP contribution in [0.1, 0.15) is 31.2 Å². The van der Waals surface area contributed by atoms with Gasteiger partial charge in [-0.05, 0) is 43.4 Å². The van der Waals surface area contributed by atoms with Crippen molar-refractivity contribution in [1.82, 2.24) is 4.98 Å². The summed E-state index contributed by atoms with van der Waals surface area (Å²) in [6.07, 6.45) is 5.02. The standard InChI is InChI=1S/C17H19N3OS/c21-16-5-3-4-12-10-13(6-7-14(12)18-16)15-11-22-17(19-15)20-8-1-2-9-20/h6-7,10-11H,1-5,8-9H2,(H,18,21). The highest BCUT2D eigenvalue weighted by molar-refractivity contribution is 7.14. The summed E-state index contributed by atoms with van der Waals surface area (Å²) in [5.74, 6) is 0.122. The van der Waals surface area contributed by atoms with Crippen molar-refractivity contribution in [1.29, 1.82) is 0 Å². The maximum atomic E-state index is 11.6. The topological polar surface area (TPSA) is 45.2 Å². The Kier molecular flexibility index (Phi) is 3.58. The summed E-state index contributed by atoms with van der Waals surface area (Å²) in [5.41, 5.74) is 4.38. The molecule has 0 saturated carbocycles. The molecule has 1 saturated heterocycles. The highest BCUT2D eigenvalue weighted by atomic mass is 32.1. The Morgan fingerprint density at radius 2 is 2.00 bits per heavy atom. The molecular formula is C17H19N3OS. The van der Waals surface area contributed by atoms with Crippen LogP contribution in [0.2, 0.25) is 0 Å². The number of amides is 1. The van der Waals surface area contributed by atoms with Crippen LogP contribution in [0.4, 0.5) is 10.8 Å². The van der Waals surface area contributed by atoms with E-state index in [2.05, 4.69) is 27.7 Å². The van der Waals surface area contributed by atoms with Crippen molar-refractivity contribution in [2.75, 3.05) is 23.3 Å². The summed E-state index contributed by atoms with van der Waals surface area (Å²) >= 11 is 1.73. The van der Waals surface area contributed by atoms with Crippen LogP contribution in [-0.2, 0) is 11.2 Å². The number of hydrogen-bond acceptors (Lipinski definition) is 4. The van der Waals surface area contributed by atoms with Gasteiger partial charge >= 0.3 is 0 Å². The fourth-order valence-corrected chi connectivity index (χ4v) is 4.07. The molecule has 0 unspecified atom stereocenters. The van der Waals surface area contributed by atoms with Gasteiger partial charge in [0.05, 0.1) is 5.69 Å². The monoisotopic (exact) mass is 313 g/mol. The summed E-state index contributed by atoms with van der Waals surface area (Å²) in [6, 6.07) is 6.26. The van der Waals surface area contributed by atoms with Gasteiger partial charge in [0.25, 0.3) is 0 Å². The minimum absolute atomic E-state index is 0.122. The Bertz CT molecular complexity index is 704. The zero-order chi connectivity index (χ0) is 14.9. The van der Waals surface area contributed by atoms with E-state index in [1.807, 2.05) is 6.07 Å². The molecule has 114 valence electrons. The largest absolute Gasteiger partial charge is 0.348 e. The molecule has 3 heterocycles. The van der Waals surface area contributed by atoms with Gasteiger partial charge in [-0.25, -0.2) is 4.98 Å². The van der Waals surface area contributed by atoms with Gasteiger partial charge in [0.2, 0.25) is 5.91 Å². The number of aromatic nitrogens is 1. The molecule has 1 aromatic carbocycles. The van der Waals surface area contributed by atoms with Crippen molar-refractivity contribution in [2.45, 2.75) is 32.1 Å².